The molecular weight excluding hydrogens is 238 g/mol. The highest BCUT2D eigenvalue weighted by molar-refractivity contribution is 5.73. The number of fused-ring (bicyclic) bond motifs is 1. The third-order valence-corrected chi connectivity index (χ3v) is 3.12. The Hall–Kier alpha value is -2.29. The van der Waals surface area contributed by atoms with Crippen LogP contribution in [0.4, 0.5) is 0 Å². The van der Waals surface area contributed by atoms with E-state index in [4.69, 9.17) is 9.15 Å². The molecule has 1 heterocycles. The molecule has 0 atom stereocenters. The van der Waals surface area contributed by atoms with Crippen LogP contribution in [0.1, 0.15) is 17.0 Å². The molecule has 1 aromatic heterocycles. The van der Waals surface area contributed by atoms with Gasteiger partial charge in [-0.3, -0.25) is 0 Å². The Kier molecular flexibility index (Phi) is 2.95. The van der Waals surface area contributed by atoms with Gasteiger partial charge in [-0.05, 0) is 30.7 Å². The van der Waals surface area contributed by atoms with E-state index in [9.17, 15) is 0 Å². The Bertz CT molecular complexity index is 716. The summed E-state index contributed by atoms with van der Waals surface area (Å²) < 4.78 is 11.1. The summed E-state index contributed by atoms with van der Waals surface area (Å²) in [6.45, 7) is 2.05. The van der Waals surface area contributed by atoms with Crippen molar-refractivity contribution in [2.24, 2.45) is 0 Å². The largest absolute Gasteiger partial charge is 0.496 e. The number of rotatable bonds is 3. The molecule has 0 amide bonds. The number of para-hydroxylation sites is 1. The Morgan fingerprint density at radius 2 is 2.00 bits per heavy atom. The first-order valence-corrected chi connectivity index (χ1v) is 6.24. The van der Waals surface area contributed by atoms with Crippen molar-refractivity contribution in [2.75, 3.05) is 7.11 Å². The van der Waals surface area contributed by atoms with Gasteiger partial charge in [-0.1, -0.05) is 24.3 Å². The first-order valence-electron chi connectivity index (χ1n) is 6.24. The normalized spacial score (nSPS) is 10.8. The zero-order chi connectivity index (χ0) is 13.2. The monoisotopic (exact) mass is 253 g/mol. The van der Waals surface area contributed by atoms with E-state index >= 15 is 0 Å². The SMILES string of the molecule is COc1ccccc1Cc1nc2cc(C)ccc2o1. The van der Waals surface area contributed by atoms with Gasteiger partial charge in [-0.15, -0.1) is 0 Å². The van der Waals surface area contributed by atoms with Crippen LogP contribution in [0.2, 0.25) is 0 Å². The van der Waals surface area contributed by atoms with Gasteiger partial charge in [0.15, 0.2) is 11.5 Å². The molecule has 0 aliphatic rings. The van der Waals surface area contributed by atoms with Crippen molar-refractivity contribution in [3.05, 3.63) is 59.5 Å². The molecule has 0 spiro atoms. The van der Waals surface area contributed by atoms with Crippen molar-refractivity contribution < 1.29 is 9.15 Å². The maximum atomic E-state index is 5.76. The van der Waals surface area contributed by atoms with Gasteiger partial charge in [0, 0.05) is 5.56 Å². The molecule has 2 aromatic carbocycles. The fraction of sp³-hybridized carbons (Fsp3) is 0.188. The second-order valence-electron chi connectivity index (χ2n) is 4.57. The average molecular weight is 253 g/mol. The molecule has 19 heavy (non-hydrogen) atoms. The number of hydrogen-bond donors (Lipinski definition) is 0. The molecule has 0 radical (unpaired) electrons. The molecule has 3 aromatic rings. The third-order valence-electron chi connectivity index (χ3n) is 3.12. The zero-order valence-corrected chi connectivity index (χ0v) is 11.0. The molecular formula is C16H15NO2. The number of aryl methyl sites for hydroxylation is 1. The summed E-state index contributed by atoms with van der Waals surface area (Å²) in [6.07, 6.45) is 0.637. The van der Waals surface area contributed by atoms with E-state index in [1.165, 1.54) is 5.56 Å². The number of benzene rings is 2. The lowest BCUT2D eigenvalue weighted by atomic mass is 10.1. The Morgan fingerprint density at radius 1 is 1.16 bits per heavy atom. The summed E-state index contributed by atoms with van der Waals surface area (Å²) in [6, 6.07) is 13.9. The Labute approximate surface area is 111 Å². The fourth-order valence-electron chi connectivity index (χ4n) is 2.17. The highest BCUT2D eigenvalue weighted by Gasteiger charge is 2.09. The van der Waals surface area contributed by atoms with Crippen LogP contribution in [0, 0.1) is 6.92 Å². The fourth-order valence-corrected chi connectivity index (χ4v) is 2.17. The van der Waals surface area contributed by atoms with Gasteiger partial charge in [0.1, 0.15) is 11.3 Å². The summed E-state index contributed by atoms with van der Waals surface area (Å²) in [7, 11) is 1.67. The Balaban J connectivity index is 1.96. The quantitative estimate of drug-likeness (QED) is 0.713. The predicted molar refractivity (Wildman–Crippen MR) is 74.5 cm³/mol. The smallest absolute Gasteiger partial charge is 0.200 e. The van der Waals surface area contributed by atoms with Crippen LogP contribution >= 0.6 is 0 Å². The van der Waals surface area contributed by atoms with Crippen molar-refractivity contribution in [2.45, 2.75) is 13.3 Å². The molecule has 0 unspecified atom stereocenters. The first-order chi connectivity index (χ1) is 9.26. The van der Waals surface area contributed by atoms with Gasteiger partial charge in [0.2, 0.25) is 0 Å². The Morgan fingerprint density at radius 3 is 2.84 bits per heavy atom. The summed E-state index contributed by atoms with van der Waals surface area (Å²) >= 11 is 0. The topological polar surface area (TPSA) is 35.3 Å². The molecule has 0 fully saturated rings. The lowest BCUT2D eigenvalue weighted by Crippen LogP contribution is -1.93. The van der Waals surface area contributed by atoms with E-state index < -0.39 is 0 Å². The first kappa shape index (κ1) is 11.8. The van der Waals surface area contributed by atoms with E-state index in [0.29, 0.717) is 12.3 Å². The summed E-state index contributed by atoms with van der Waals surface area (Å²) in [4.78, 5) is 4.52. The summed E-state index contributed by atoms with van der Waals surface area (Å²) in [5.41, 5.74) is 4.00. The highest BCUT2D eigenvalue weighted by atomic mass is 16.5. The van der Waals surface area contributed by atoms with Crippen LogP contribution in [-0.2, 0) is 6.42 Å². The van der Waals surface area contributed by atoms with Crippen molar-refractivity contribution in [3.8, 4) is 5.75 Å². The molecule has 0 aliphatic heterocycles. The number of methoxy groups -OCH3 is 1. The van der Waals surface area contributed by atoms with Crippen molar-refractivity contribution in [1.82, 2.24) is 4.98 Å². The standard InChI is InChI=1S/C16H15NO2/c1-11-7-8-15-13(9-11)17-16(19-15)10-12-5-3-4-6-14(12)18-2/h3-9H,10H2,1-2H3. The van der Waals surface area contributed by atoms with E-state index in [2.05, 4.69) is 4.98 Å². The number of oxazole rings is 1. The molecule has 0 N–H and O–H groups in total. The molecule has 3 rings (SSSR count). The third kappa shape index (κ3) is 2.32. The van der Waals surface area contributed by atoms with E-state index in [0.717, 1.165) is 22.4 Å². The molecule has 3 heteroatoms. The minimum absolute atomic E-state index is 0.637. The molecule has 0 saturated heterocycles. The van der Waals surface area contributed by atoms with Gasteiger partial charge in [0.05, 0.1) is 13.5 Å². The molecule has 0 bridgehead atoms. The van der Waals surface area contributed by atoms with Gasteiger partial charge in [0.25, 0.3) is 0 Å². The van der Waals surface area contributed by atoms with Gasteiger partial charge in [-0.2, -0.15) is 0 Å². The number of aromatic nitrogens is 1. The van der Waals surface area contributed by atoms with Gasteiger partial charge < -0.3 is 9.15 Å². The highest BCUT2D eigenvalue weighted by Crippen LogP contribution is 2.23. The lowest BCUT2D eigenvalue weighted by Gasteiger charge is -2.05. The average Bonchev–Trinajstić information content (AvgIpc) is 2.80. The van der Waals surface area contributed by atoms with Crippen molar-refractivity contribution in [1.29, 1.82) is 0 Å². The maximum absolute atomic E-state index is 5.76. The molecule has 3 nitrogen and oxygen atoms in total. The molecule has 0 aliphatic carbocycles. The number of hydrogen-bond acceptors (Lipinski definition) is 3. The predicted octanol–water partition coefficient (Wildman–Crippen LogP) is 3.74. The number of nitrogens with zero attached hydrogens (tertiary/aromatic N) is 1. The van der Waals surface area contributed by atoms with Crippen LogP contribution in [0.3, 0.4) is 0 Å². The van der Waals surface area contributed by atoms with Crippen LogP contribution in [0.25, 0.3) is 11.1 Å². The van der Waals surface area contributed by atoms with Crippen molar-refractivity contribution in [3.63, 3.8) is 0 Å². The minimum Gasteiger partial charge on any atom is -0.496 e. The van der Waals surface area contributed by atoms with E-state index in [1.807, 2.05) is 49.4 Å². The minimum atomic E-state index is 0.637. The zero-order valence-electron chi connectivity index (χ0n) is 11.0. The molecule has 96 valence electrons. The van der Waals surface area contributed by atoms with Gasteiger partial charge >= 0.3 is 0 Å². The van der Waals surface area contributed by atoms with E-state index in [1.54, 1.807) is 7.11 Å². The lowest BCUT2D eigenvalue weighted by molar-refractivity contribution is 0.408. The van der Waals surface area contributed by atoms with Crippen LogP contribution in [-0.4, -0.2) is 12.1 Å². The van der Waals surface area contributed by atoms with Crippen LogP contribution in [0.15, 0.2) is 46.9 Å². The number of ether oxygens (including phenoxy) is 1. The summed E-state index contributed by atoms with van der Waals surface area (Å²) in [5.74, 6) is 1.58. The van der Waals surface area contributed by atoms with E-state index in [-0.39, 0.29) is 0 Å². The van der Waals surface area contributed by atoms with Gasteiger partial charge in [-0.25, -0.2) is 4.98 Å². The van der Waals surface area contributed by atoms with Crippen LogP contribution < -0.4 is 4.74 Å². The van der Waals surface area contributed by atoms with Crippen molar-refractivity contribution >= 4 is 11.1 Å². The van der Waals surface area contributed by atoms with Crippen LogP contribution in [0.5, 0.6) is 5.75 Å². The molecule has 0 saturated carbocycles. The second-order valence-corrected chi connectivity index (χ2v) is 4.57. The maximum Gasteiger partial charge on any atom is 0.200 e. The second kappa shape index (κ2) is 4.76. The summed E-state index contributed by atoms with van der Waals surface area (Å²) in [5, 5.41) is 0.